The number of aryl methyl sites for hydroxylation is 1. The first-order chi connectivity index (χ1) is 18.4. The summed E-state index contributed by atoms with van der Waals surface area (Å²) in [4.78, 5) is 47.5. The second-order valence-electron chi connectivity index (χ2n) is 9.69. The summed E-state index contributed by atoms with van der Waals surface area (Å²) in [6, 6.07) is 15.5. The molecule has 3 amide bonds. The van der Waals surface area contributed by atoms with Crippen LogP contribution in [0, 0.1) is 12.7 Å². The minimum Gasteiger partial charge on any atom is -0.353 e. The monoisotopic (exact) mass is 516 g/mol. The number of carbonyl (C=O) groups excluding carboxylic acids is 3. The normalized spacial score (nSPS) is 18.4. The highest BCUT2D eigenvalue weighted by Gasteiger charge is 2.54. The molecule has 2 aliphatic rings. The van der Waals surface area contributed by atoms with Crippen LogP contribution in [-0.2, 0) is 16.1 Å². The number of piperidine rings is 1. The van der Waals surface area contributed by atoms with E-state index in [1.165, 1.54) is 24.3 Å². The second kappa shape index (κ2) is 10.7. The van der Waals surface area contributed by atoms with Gasteiger partial charge in [0.05, 0.1) is 6.61 Å². The lowest BCUT2D eigenvalue weighted by molar-refractivity contribution is -0.128. The number of benzene rings is 2. The van der Waals surface area contributed by atoms with Crippen molar-refractivity contribution < 1.29 is 23.5 Å². The summed E-state index contributed by atoms with van der Waals surface area (Å²) < 4.78 is 19.6. The van der Waals surface area contributed by atoms with Crippen LogP contribution in [0.15, 0.2) is 73.1 Å². The zero-order chi connectivity index (χ0) is 26.7. The van der Waals surface area contributed by atoms with Crippen LogP contribution in [0.3, 0.4) is 0 Å². The summed E-state index contributed by atoms with van der Waals surface area (Å²) in [7, 11) is 0. The van der Waals surface area contributed by atoms with Gasteiger partial charge in [0.15, 0.2) is 0 Å². The van der Waals surface area contributed by atoms with E-state index in [4.69, 9.17) is 4.74 Å². The molecule has 1 atom stereocenters. The van der Waals surface area contributed by atoms with Crippen molar-refractivity contribution in [2.24, 2.45) is 0 Å². The van der Waals surface area contributed by atoms with Crippen molar-refractivity contribution in [3.05, 3.63) is 101 Å². The Kier molecular flexibility index (Phi) is 7.20. The number of nitrogens with zero attached hydrogens (tertiary/aromatic N) is 3. The van der Waals surface area contributed by atoms with Crippen molar-refractivity contribution in [2.45, 2.75) is 38.1 Å². The molecule has 2 aromatic carbocycles. The molecule has 0 unspecified atom stereocenters. The maximum absolute atomic E-state index is 13.8. The smallest absolute Gasteiger partial charge is 0.256 e. The molecule has 1 N–H and O–H groups in total. The Morgan fingerprint density at radius 1 is 1.00 bits per heavy atom. The van der Waals surface area contributed by atoms with Crippen molar-refractivity contribution >= 4 is 17.7 Å². The first kappa shape index (κ1) is 25.5. The van der Waals surface area contributed by atoms with Crippen LogP contribution in [0.2, 0.25) is 0 Å². The lowest BCUT2D eigenvalue weighted by Crippen LogP contribution is -2.59. The van der Waals surface area contributed by atoms with Crippen LogP contribution < -0.4 is 5.32 Å². The topological polar surface area (TPSA) is 91.8 Å². The zero-order valence-electron chi connectivity index (χ0n) is 21.1. The van der Waals surface area contributed by atoms with Crippen LogP contribution in [0.4, 0.5) is 4.39 Å². The Bertz CT molecular complexity index is 1310. The Morgan fingerprint density at radius 3 is 2.32 bits per heavy atom. The summed E-state index contributed by atoms with van der Waals surface area (Å²) >= 11 is 0. The summed E-state index contributed by atoms with van der Waals surface area (Å²) in [5.74, 6) is -1.21. The van der Waals surface area contributed by atoms with E-state index in [9.17, 15) is 18.8 Å². The third-order valence-electron chi connectivity index (χ3n) is 7.19. The van der Waals surface area contributed by atoms with Gasteiger partial charge in [0, 0.05) is 56.0 Å². The molecular formula is C29H29FN4O4. The molecule has 38 heavy (non-hydrogen) atoms. The van der Waals surface area contributed by atoms with Crippen molar-refractivity contribution in [3.63, 3.8) is 0 Å². The molecule has 2 fully saturated rings. The zero-order valence-corrected chi connectivity index (χ0v) is 21.1. The first-order valence-corrected chi connectivity index (χ1v) is 12.6. The number of hydrogen-bond acceptors (Lipinski definition) is 5. The Balaban J connectivity index is 1.36. The fourth-order valence-corrected chi connectivity index (χ4v) is 5.05. The van der Waals surface area contributed by atoms with E-state index in [-0.39, 0.29) is 30.9 Å². The molecule has 3 heterocycles. The van der Waals surface area contributed by atoms with E-state index in [0.717, 1.165) is 11.1 Å². The average molecular weight is 517 g/mol. The van der Waals surface area contributed by atoms with Gasteiger partial charge in [-0.15, -0.1) is 0 Å². The van der Waals surface area contributed by atoms with E-state index >= 15 is 0 Å². The lowest BCUT2D eigenvalue weighted by Gasteiger charge is -2.44. The number of halogens is 1. The van der Waals surface area contributed by atoms with Crippen molar-refractivity contribution in [1.82, 2.24) is 20.1 Å². The minimum atomic E-state index is -1.02. The van der Waals surface area contributed by atoms with Crippen LogP contribution in [0.5, 0.6) is 0 Å². The largest absolute Gasteiger partial charge is 0.353 e. The molecule has 2 aliphatic heterocycles. The minimum absolute atomic E-state index is 0.0579. The van der Waals surface area contributed by atoms with E-state index in [1.54, 1.807) is 40.4 Å². The molecule has 196 valence electrons. The molecule has 5 rings (SSSR count). The van der Waals surface area contributed by atoms with Crippen LogP contribution in [0.25, 0.3) is 0 Å². The third kappa shape index (κ3) is 5.15. The highest BCUT2D eigenvalue weighted by molar-refractivity contribution is 5.98. The maximum atomic E-state index is 13.8. The number of amides is 3. The quantitative estimate of drug-likeness (QED) is 0.562. The Hall–Kier alpha value is -4.11. The lowest BCUT2D eigenvalue weighted by atomic mass is 9.96. The van der Waals surface area contributed by atoms with Gasteiger partial charge in [0.25, 0.3) is 11.8 Å². The van der Waals surface area contributed by atoms with Gasteiger partial charge in [-0.05, 0) is 55.0 Å². The fraction of sp³-hybridized carbons (Fsp3) is 0.310. The molecule has 2 saturated heterocycles. The van der Waals surface area contributed by atoms with E-state index in [2.05, 4.69) is 10.3 Å². The number of likely N-dealkylation sites (tertiary alicyclic amines) is 1. The van der Waals surface area contributed by atoms with E-state index in [1.807, 2.05) is 25.1 Å². The molecular weight excluding hydrogens is 487 g/mol. The second-order valence-corrected chi connectivity index (χ2v) is 9.69. The SMILES string of the molecule is Cc1ccc(C(=O)N2[C@H](C(=O)NCc3cccnc3)COC23CCN(C(=O)c2ccc(F)cc2)CC3)cc1. The summed E-state index contributed by atoms with van der Waals surface area (Å²) in [6.45, 7) is 2.94. The number of rotatable bonds is 5. The van der Waals surface area contributed by atoms with Gasteiger partial charge in [0.1, 0.15) is 17.6 Å². The molecule has 0 saturated carbocycles. The average Bonchev–Trinajstić information content (AvgIpc) is 3.31. The van der Waals surface area contributed by atoms with Crippen LogP contribution in [0.1, 0.15) is 44.7 Å². The summed E-state index contributed by atoms with van der Waals surface area (Å²) in [5.41, 5.74) is 1.72. The maximum Gasteiger partial charge on any atom is 0.256 e. The molecule has 3 aromatic rings. The first-order valence-electron chi connectivity index (χ1n) is 12.6. The molecule has 1 spiro atoms. The highest BCUT2D eigenvalue weighted by atomic mass is 19.1. The number of nitrogens with one attached hydrogen (secondary N) is 1. The van der Waals surface area contributed by atoms with Crippen molar-refractivity contribution in [1.29, 1.82) is 0 Å². The van der Waals surface area contributed by atoms with Crippen LogP contribution in [-0.4, -0.2) is 64.0 Å². The summed E-state index contributed by atoms with van der Waals surface area (Å²) in [6.07, 6.45) is 4.04. The molecule has 9 heteroatoms. The van der Waals surface area contributed by atoms with Gasteiger partial charge < -0.3 is 15.0 Å². The summed E-state index contributed by atoms with van der Waals surface area (Å²) in [5, 5.41) is 2.91. The van der Waals surface area contributed by atoms with Gasteiger partial charge >= 0.3 is 0 Å². The molecule has 0 bridgehead atoms. The molecule has 0 radical (unpaired) electrons. The fourth-order valence-electron chi connectivity index (χ4n) is 5.05. The van der Waals surface area contributed by atoms with Crippen molar-refractivity contribution in [2.75, 3.05) is 19.7 Å². The number of carbonyl (C=O) groups is 3. The van der Waals surface area contributed by atoms with Gasteiger partial charge in [-0.2, -0.15) is 0 Å². The van der Waals surface area contributed by atoms with Crippen LogP contribution >= 0.6 is 0 Å². The van der Waals surface area contributed by atoms with Gasteiger partial charge in [-0.25, -0.2) is 4.39 Å². The standard InChI is InChI=1S/C29H29FN4O4/c1-20-4-6-23(7-5-20)28(37)34-25(26(35)32-18-21-3-2-14-31-17-21)19-38-29(34)12-15-33(16-13-29)27(36)22-8-10-24(30)11-9-22/h2-11,14,17,25H,12-13,15-16,18-19H2,1H3,(H,32,35)/t25-/m0/s1. The Labute approximate surface area is 220 Å². The van der Waals surface area contributed by atoms with Gasteiger partial charge in [-0.1, -0.05) is 23.8 Å². The van der Waals surface area contributed by atoms with Crippen molar-refractivity contribution in [3.8, 4) is 0 Å². The van der Waals surface area contributed by atoms with E-state index in [0.29, 0.717) is 37.1 Å². The molecule has 0 aliphatic carbocycles. The molecule has 1 aromatic heterocycles. The number of hydrogen-bond donors (Lipinski definition) is 1. The van der Waals surface area contributed by atoms with Gasteiger partial charge in [0.2, 0.25) is 5.91 Å². The number of ether oxygens (including phenoxy) is 1. The predicted molar refractivity (Wildman–Crippen MR) is 137 cm³/mol. The number of aromatic nitrogens is 1. The Morgan fingerprint density at radius 2 is 1.66 bits per heavy atom. The predicted octanol–water partition coefficient (Wildman–Crippen LogP) is 3.32. The molecule has 8 nitrogen and oxygen atoms in total. The van der Waals surface area contributed by atoms with Gasteiger partial charge in [-0.3, -0.25) is 24.3 Å². The van der Waals surface area contributed by atoms with E-state index < -0.39 is 17.6 Å². The number of pyridine rings is 1. The third-order valence-corrected chi connectivity index (χ3v) is 7.19. The highest BCUT2D eigenvalue weighted by Crippen LogP contribution is 2.39.